The van der Waals surface area contributed by atoms with Crippen LogP contribution in [0, 0.1) is 17.3 Å². The number of likely N-dealkylation sites (tertiary alicyclic amines) is 2. The van der Waals surface area contributed by atoms with Gasteiger partial charge in [0.2, 0.25) is 0 Å². The molecule has 5 atom stereocenters. The van der Waals surface area contributed by atoms with Crippen LogP contribution < -0.4 is 0 Å². The van der Waals surface area contributed by atoms with Gasteiger partial charge in [-0.25, -0.2) is 0 Å². The van der Waals surface area contributed by atoms with Gasteiger partial charge < -0.3 is 4.90 Å². The Morgan fingerprint density at radius 1 is 1.05 bits per heavy atom. The molecule has 2 nitrogen and oxygen atoms in total. The highest BCUT2D eigenvalue weighted by molar-refractivity contribution is 5.19. The van der Waals surface area contributed by atoms with Crippen LogP contribution in [0.3, 0.4) is 0 Å². The Hall–Kier alpha value is -0.0800. The van der Waals surface area contributed by atoms with E-state index in [0.29, 0.717) is 11.0 Å². The number of nitrogens with zero attached hydrogens (tertiary/aromatic N) is 2. The Labute approximate surface area is 124 Å². The molecular formula is C18H32N2. The lowest BCUT2D eigenvalue weighted by molar-refractivity contribution is 0.104. The summed E-state index contributed by atoms with van der Waals surface area (Å²) in [6.07, 6.45) is 7.46. The monoisotopic (exact) mass is 276 g/mol. The van der Waals surface area contributed by atoms with Crippen molar-refractivity contribution in [3.05, 3.63) is 0 Å². The summed E-state index contributed by atoms with van der Waals surface area (Å²) >= 11 is 0. The first-order valence-electron chi connectivity index (χ1n) is 8.90. The van der Waals surface area contributed by atoms with Gasteiger partial charge in [0.25, 0.3) is 0 Å². The van der Waals surface area contributed by atoms with Crippen molar-refractivity contribution in [2.45, 2.75) is 77.4 Å². The molecule has 20 heavy (non-hydrogen) atoms. The van der Waals surface area contributed by atoms with Crippen LogP contribution in [-0.2, 0) is 0 Å². The minimum atomic E-state index is 0.351. The molecule has 0 aromatic rings. The van der Waals surface area contributed by atoms with Gasteiger partial charge in [0.1, 0.15) is 0 Å². The third-order valence-corrected chi connectivity index (χ3v) is 6.77. The average Bonchev–Trinajstić information content (AvgIpc) is 2.63. The normalized spacial score (nSPS) is 48.6. The minimum Gasteiger partial charge on any atom is -0.302 e. The molecule has 4 rings (SSSR count). The topological polar surface area (TPSA) is 6.48 Å². The minimum absolute atomic E-state index is 0.351. The van der Waals surface area contributed by atoms with Crippen molar-refractivity contribution in [3.8, 4) is 0 Å². The maximum atomic E-state index is 2.84. The fourth-order valence-electron chi connectivity index (χ4n) is 6.20. The summed E-state index contributed by atoms with van der Waals surface area (Å²) in [5, 5.41) is 0. The van der Waals surface area contributed by atoms with Crippen molar-refractivity contribution in [3.63, 3.8) is 0 Å². The van der Waals surface area contributed by atoms with Crippen LogP contribution in [0.4, 0.5) is 0 Å². The Morgan fingerprint density at radius 3 is 2.25 bits per heavy atom. The van der Waals surface area contributed by atoms with Gasteiger partial charge in [0, 0.05) is 42.7 Å². The molecule has 0 aromatic heterocycles. The van der Waals surface area contributed by atoms with Gasteiger partial charge in [-0.1, -0.05) is 6.42 Å². The summed E-state index contributed by atoms with van der Waals surface area (Å²) < 4.78 is 0. The first-order valence-corrected chi connectivity index (χ1v) is 8.90. The van der Waals surface area contributed by atoms with E-state index in [1.165, 1.54) is 51.7 Å². The van der Waals surface area contributed by atoms with Gasteiger partial charge >= 0.3 is 0 Å². The molecule has 2 aliphatic carbocycles. The molecule has 2 saturated carbocycles. The molecule has 0 radical (unpaired) electrons. The van der Waals surface area contributed by atoms with E-state index in [0.717, 1.165) is 23.9 Å². The van der Waals surface area contributed by atoms with Gasteiger partial charge in [0.05, 0.1) is 0 Å². The third-order valence-electron chi connectivity index (χ3n) is 6.77. The van der Waals surface area contributed by atoms with Crippen LogP contribution in [-0.4, -0.2) is 47.1 Å². The molecule has 0 bridgehead atoms. The second-order valence-electron chi connectivity index (χ2n) is 9.36. The molecule has 0 amide bonds. The lowest BCUT2D eigenvalue weighted by Crippen LogP contribution is -2.45. The van der Waals surface area contributed by atoms with Gasteiger partial charge in [-0.3, -0.25) is 4.90 Å². The van der Waals surface area contributed by atoms with Crippen molar-refractivity contribution < 1.29 is 0 Å². The average molecular weight is 276 g/mol. The second kappa shape index (κ2) is 4.23. The molecule has 4 fully saturated rings. The van der Waals surface area contributed by atoms with Crippen LogP contribution in [0.2, 0.25) is 0 Å². The Balaban J connectivity index is 1.42. The van der Waals surface area contributed by atoms with Crippen LogP contribution in [0.15, 0.2) is 0 Å². The van der Waals surface area contributed by atoms with Gasteiger partial charge in [-0.05, 0) is 65.2 Å². The largest absolute Gasteiger partial charge is 0.302 e. The van der Waals surface area contributed by atoms with Crippen LogP contribution in [0.1, 0.15) is 59.8 Å². The van der Waals surface area contributed by atoms with E-state index in [9.17, 15) is 0 Å². The number of piperidine rings is 1. The SMILES string of the molecule is C[C@@H]1C[C@]2(CN3C[C@H]4CCC[C@H]4C3)C[C@@H]2N1C(C)(C)C. The molecule has 2 saturated heterocycles. The van der Waals surface area contributed by atoms with E-state index < -0.39 is 0 Å². The van der Waals surface area contributed by atoms with E-state index >= 15 is 0 Å². The highest BCUT2D eigenvalue weighted by Crippen LogP contribution is 2.62. The highest BCUT2D eigenvalue weighted by Gasteiger charge is 2.65. The van der Waals surface area contributed by atoms with Gasteiger partial charge in [-0.2, -0.15) is 0 Å². The van der Waals surface area contributed by atoms with Crippen LogP contribution >= 0.6 is 0 Å². The van der Waals surface area contributed by atoms with Gasteiger partial charge in [-0.15, -0.1) is 0 Å². The molecule has 4 aliphatic rings. The predicted octanol–water partition coefficient (Wildman–Crippen LogP) is 3.37. The third kappa shape index (κ3) is 1.98. The molecular weight excluding hydrogens is 244 g/mol. The predicted molar refractivity (Wildman–Crippen MR) is 83.8 cm³/mol. The zero-order valence-electron chi connectivity index (χ0n) is 13.9. The fraction of sp³-hybridized carbons (Fsp3) is 1.00. The smallest absolute Gasteiger partial charge is 0.0179 e. The van der Waals surface area contributed by atoms with Crippen molar-refractivity contribution >= 4 is 0 Å². The van der Waals surface area contributed by atoms with Crippen LogP contribution in [0.25, 0.3) is 0 Å². The Morgan fingerprint density at radius 2 is 1.70 bits per heavy atom. The van der Waals surface area contributed by atoms with Gasteiger partial charge in [0.15, 0.2) is 0 Å². The Bertz CT molecular complexity index is 387. The first-order chi connectivity index (χ1) is 9.39. The van der Waals surface area contributed by atoms with E-state index in [-0.39, 0.29) is 0 Å². The molecule has 2 heterocycles. The second-order valence-corrected chi connectivity index (χ2v) is 9.36. The van der Waals surface area contributed by atoms with E-state index in [1.807, 2.05) is 0 Å². The summed E-state index contributed by atoms with van der Waals surface area (Å²) in [5.74, 6) is 2.11. The van der Waals surface area contributed by atoms with E-state index in [4.69, 9.17) is 0 Å². The summed E-state index contributed by atoms with van der Waals surface area (Å²) in [6.45, 7) is 13.9. The number of rotatable bonds is 2. The van der Waals surface area contributed by atoms with Crippen molar-refractivity contribution in [1.82, 2.24) is 9.80 Å². The maximum absolute atomic E-state index is 2.84. The molecule has 0 spiro atoms. The van der Waals surface area contributed by atoms with Crippen molar-refractivity contribution in [2.24, 2.45) is 17.3 Å². The molecule has 114 valence electrons. The molecule has 0 N–H and O–H groups in total. The zero-order valence-corrected chi connectivity index (χ0v) is 13.9. The van der Waals surface area contributed by atoms with Crippen molar-refractivity contribution in [2.75, 3.05) is 19.6 Å². The molecule has 0 aromatic carbocycles. The fourth-order valence-corrected chi connectivity index (χ4v) is 6.20. The summed E-state index contributed by atoms with van der Waals surface area (Å²) in [5.41, 5.74) is 1.02. The van der Waals surface area contributed by atoms with E-state index in [1.54, 1.807) is 0 Å². The van der Waals surface area contributed by atoms with Crippen LogP contribution in [0.5, 0.6) is 0 Å². The van der Waals surface area contributed by atoms with E-state index in [2.05, 4.69) is 37.5 Å². The summed E-state index contributed by atoms with van der Waals surface area (Å²) in [6, 6.07) is 1.67. The number of hydrogen-bond donors (Lipinski definition) is 0. The zero-order chi connectivity index (χ0) is 14.1. The molecule has 2 aliphatic heterocycles. The highest BCUT2D eigenvalue weighted by atomic mass is 15.3. The number of hydrogen-bond acceptors (Lipinski definition) is 2. The van der Waals surface area contributed by atoms with Crippen molar-refractivity contribution in [1.29, 1.82) is 0 Å². The quantitative estimate of drug-likeness (QED) is 0.763. The molecule has 2 heteroatoms. The number of fused-ring (bicyclic) bond motifs is 2. The Kier molecular flexibility index (Phi) is 2.87. The lowest BCUT2D eigenvalue weighted by Gasteiger charge is -2.37. The molecule has 0 unspecified atom stereocenters. The lowest BCUT2D eigenvalue weighted by atomic mass is 9.99. The standard InChI is InChI=1S/C18H32N2/c1-13-8-18(9-16(18)20(13)17(2,3)4)12-19-10-14-6-5-7-15(14)11-19/h13-16H,5-12H2,1-4H3/t13-,14-,15+,16+,18-/m1/s1. The first kappa shape index (κ1) is 13.6. The maximum Gasteiger partial charge on any atom is 0.0179 e. The summed E-state index contributed by atoms with van der Waals surface area (Å²) in [4.78, 5) is 5.66. The summed E-state index contributed by atoms with van der Waals surface area (Å²) in [7, 11) is 0.